The lowest BCUT2D eigenvalue weighted by atomic mass is 9.62. The van der Waals surface area contributed by atoms with Crippen LogP contribution < -0.4 is 0 Å². The topological polar surface area (TPSA) is 52.6 Å². The van der Waals surface area contributed by atoms with Crippen molar-refractivity contribution in [1.82, 2.24) is 0 Å². The molecule has 3 saturated carbocycles. The summed E-state index contributed by atoms with van der Waals surface area (Å²) in [7, 11) is 0. The van der Waals surface area contributed by atoms with Gasteiger partial charge < -0.3 is 9.47 Å². The van der Waals surface area contributed by atoms with Gasteiger partial charge in [0.2, 0.25) is 0 Å². The average Bonchev–Trinajstić information content (AvgIpc) is 3.02. The van der Waals surface area contributed by atoms with Gasteiger partial charge in [0.05, 0.1) is 25.0 Å². The molecule has 0 heterocycles. The molecule has 0 bridgehead atoms. The summed E-state index contributed by atoms with van der Waals surface area (Å²) in [6, 6.07) is 0. The number of hydrogen-bond donors (Lipinski definition) is 0. The number of esters is 2. The second-order valence-corrected chi connectivity index (χ2v) is 18.9. The second-order valence-electron chi connectivity index (χ2n) is 18.9. The molecule has 0 aromatic heterocycles. The summed E-state index contributed by atoms with van der Waals surface area (Å²) in [5, 5.41) is 0. The van der Waals surface area contributed by atoms with Gasteiger partial charge in [0.25, 0.3) is 0 Å². The van der Waals surface area contributed by atoms with E-state index in [9.17, 15) is 9.59 Å². The summed E-state index contributed by atoms with van der Waals surface area (Å²) in [6.07, 6.45) is 17.5. The van der Waals surface area contributed by atoms with Crippen molar-refractivity contribution in [2.24, 2.45) is 75.9 Å². The van der Waals surface area contributed by atoms with Crippen molar-refractivity contribution < 1.29 is 19.1 Å². The van der Waals surface area contributed by atoms with Gasteiger partial charge in [-0.15, -0.1) is 0 Å². The van der Waals surface area contributed by atoms with Crippen molar-refractivity contribution in [1.29, 1.82) is 0 Å². The van der Waals surface area contributed by atoms with Crippen LogP contribution in [-0.2, 0) is 19.1 Å². The molecule has 274 valence electrons. The molecule has 0 saturated heterocycles. The average molecular weight is 659 g/mol. The number of carbonyl (C=O) groups excluding carboxylic acids is 2. The number of carbonyl (C=O) groups is 2. The molecule has 3 fully saturated rings. The van der Waals surface area contributed by atoms with Crippen molar-refractivity contribution in [3.05, 3.63) is 0 Å². The number of hydrogen-bond acceptors (Lipinski definition) is 4. The van der Waals surface area contributed by atoms with E-state index >= 15 is 0 Å². The van der Waals surface area contributed by atoms with Crippen LogP contribution >= 0.6 is 0 Å². The maximum absolute atomic E-state index is 13.8. The fraction of sp³-hybridized carbons (Fsp3) is 0.953. The molecule has 4 heteroatoms. The van der Waals surface area contributed by atoms with Crippen LogP contribution in [0.15, 0.2) is 0 Å². The Kier molecular flexibility index (Phi) is 15.7. The molecule has 0 N–H and O–H groups in total. The smallest absolute Gasteiger partial charge is 0.310 e. The fourth-order valence-corrected chi connectivity index (χ4v) is 10.3. The first-order valence-electron chi connectivity index (χ1n) is 20.4. The van der Waals surface area contributed by atoms with E-state index < -0.39 is 0 Å². The zero-order chi connectivity index (χ0) is 34.9. The van der Waals surface area contributed by atoms with Gasteiger partial charge in [0.1, 0.15) is 0 Å². The largest absolute Gasteiger partial charge is 0.465 e. The SMILES string of the molecule is CCCCC(C)(C)CC1C(C)CCC(COC(=O)C2CCCC(C)C2C(=O)OCC2CCC(C)C(CC(C)(C)CCCC)C2C)C1C. The van der Waals surface area contributed by atoms with Gasteiger partial charge in [-0.05, 0) is 115 Å². The summed E-state index contributed by atoms with van der Waals surface area (Å²) >= 11 is 0. The molecular weight excluding hydrogens is 580 g/mol. The molecule has 0 amide bonds. The highest BCUT2D eigenvalue weighted by Gasteiger charge is 2.44. The highest BCUT2D eigenvalue weighted by molar-refractivity contribution is 5.82. The second kappa shape index (κ2) is 18.3. The molecule has 4 nitrogen and oxygen atoms in total. The third-order valence-corrected chi connectivity index (χ3v) is 14.0. The van der Waals surface area contributed by atoms with Gasteiger partial charge in [0, 0.05) is 0 Å². The van der Waals surface area contributed by atoms with E-state index in [-0.39, 0.29) is 29.7 Å². The van der Waals surface area contributed by atoms with Crippen LogP contribution in [-0.4, -0.2) is 25.2 Å². The lowest BCUT2D eigenvalue weighted by Crippen LogP contribution is -2.42. The molecule has 0 aromatic carbocycles. The Morgan fingerprint density at radius 1 is 0.596 bits per heavy atom. The third-order valence-electron chi connectivity index (χ3n) is 14.0. The first-order valence-corrected chi connectivity index (χ1v) is 20.4. The first kappa shape index (κ1) is 40.4. The van der Waals surface area contributed by atoms with Crippen molar-refractivity contribution in [2.75, 3.05) is 13.2 Å². The molecule has 3 rings (SSSR count). The minimum Gasteiger partial charge on any atom is -0.465 e. The Labute approximate surface area is 292 Å². The molecule has 11 atom stereocenters. The van der Waals surface area contributed by atoms with Gasteiger partial charge in [0.15, 0.2) is 0 Å². The van der Waals surface area contributed by atoms with Crippen molar-refractivity contribution in [2.45, 2.75) is 172 Å². The van der Waals surface area contributed by atoms with E-state index in [0.29, 0.717) is 71.4 Å². The zero-order valence-corrected chi connectivity index (χ0v) is 33.0. The summed E-state index contributed by atoms with van der Waals surface area (Å²) < 4.78 is 12.3. The van der Waals surface area contributed by atoms with E-state index in [2.05, 4.69) is 76.2 Å². The quantitative estimate of drug-likeness (QED) is 0.155. The van der Waals surface area contributed by atoms with E-state index in [0.717, 1.165) is 32.1 Å². The number of ether oxygens (including phenoxy) is 2. The standard InChI is InChI=1S/C43H78O4/c1-12-14-23-42(8,9)25-37-29(3)19-21-34(32(37)6)27-46-40(44)36-18-16-17-31(5)39(36)41(45)47-28-35-22-20-30(4)38(33(35)7)26-43(10,11)24-15-13-2/h29-39H,12-28H2,1-11H3. The molecule has 3 aliphatic carbocycles. The molecule has 0 aromatic rings. The Morgan fingerprint density at radius 3 is 1.49 bits per heavy atom. The van der Waals surface area contributed by atoms with Crippen molar-refractivity contribution in [3.63, 3.8) is 0 Å². The molecule has 0 spiro atoms. The molecule has 3 aliphatic rings. The predicted molar refractivity (Wildman–Crippen MR) is 197 cm³/mol. The molecular formula is C43H78O4. The number of unbranched alkanes of at least 4 members (excludes halogenated alkanes) is 2. The van der Waals surface area contributed by atoms with Gasteiger partial charge in [-0.25, -0.2) is 0 Å². The minimum absolute atomic E-state index is 0.147. The van der Waals surface area contributed by atoms with E-state index in [1.54, 1.807) is 0 Å². The molecule has 0 radical (unpaired) electrons. The monoisotopic (exact) mass is 659 g/mol. The Bertz CT molecular complexity index is 953. The van der Waals surface area contributed by atoms with E-state index in [4.69, 9.17) is 9.47 Å². The van der Waals surface area contributed by atoms with Crippen LogP contribution in [0.5, 0.6) is 0 Å². The summed E-state index contributed by atoms with van der Waals surface area (Å²) in [5.74, 6) is 3.75. The zero-order valence-electron chi connectivity index (χ0n) is 33.0. The van der Waals surface area contributed by atoms with Crippen molar-refractivity contribution >= 4 is 11.9 Å². The van der Waals surface area contributed by atoms with Crippen LogP contribution in [0.4, 0.5) is 0 Å². The highest BCUT2D eigenvalue weighted by Crippen LogP contribution is 2.47. The molecule has 47 heavy (non-hydrogen) atoms. The van der Waals surface area contributed by atoms with Gasteiger partial charge in [-0.1, -0.05) is 121 Å². The summed E-state index contributed by atoms with van der Waals surface area (Å²) in [6.45, 7) is 27.2. The van der Waals surface area contributed by atoms with Gasteiger partial charge in [-0.3, -0.25) is 9.59 Å². The Hall–Kier alpha value is -1.06. The van der Waals surface area contributed by atoms with E-state index in [1.807, 2.05) is 0 Å². The fourth-order valence-electron chi connectivity index (χ4n) is 10.3. The molecule has 11 unspecified atom stereocenters. The maximum atomic E-state index is 13.8. The van der Waals surface area contributed by atoms with Gasteiger partial charge >= 0.3 is 11.9 Å². The maximum Gasteiger partial charge on any atom is 0.310 e. The highest BCUT2D eigenvalue weighted by atomic mass is 16.5. The lowest BCUT2D eigenvalue weighted by molar-refractivity contribution is -0.168. The van der Waals surface area contributed by atoms with E-state index in [1.165, 1.54) is 64.2 Å². The predicted octanol–water partition coefficient (Wildman–Crippen LogP) is 11.9. The van der Waals surface area contributed by atoms with Crippen LogP contribution in [0, 0.1) is 75.9 Å². The van der Waals surface area contributed by atoms with Crippen LogP contribution in [0.2, 0.25) is 0 Å². The Morgan fingerprint density at radius 2 is 1.04 bits per heavy atom. The third kappa shape index (κ3) is 11.5. The summed E-state index contributed by atoms with van der Waals surface area (Å²) in [5.41, 5.74) is 0.708. The van der Waals surface area contributed by atoms with Crippen LogP contribution in [0.25, 0.3) is 0 Å². The normalized spacial score (nSPS) is 35.3. The number of rotatable bonds is 16. The van der Waals surface area contributed by atoms with Crippen LogP contribution in [0.3, 0.4) is 0 Å². The minimum atomic E-state index is -0.381. The molecule has 0 aliphatic heterocycles. The van der Waals surface area contributed by atoms with Crippen molar-refractivity contribution in [3.8, 4) is 0 Å². The summed E-state index contributed by atoms with van der Waals surface area (Å²) in [4.78, 5) is 27.5. The first-order chi connectivity index (χ1) is 22.1. The van der Waals surface area contributed by atoms with Gasteiger partial charge in [-0.2, -0.15) is 0 Å². The van der Waals surface area contributed by atoms with Crippen LogP contribution in [0.1, 0.15) is 172 Å². The Balaban J connectivity index is 1.58. The lowest BCUT2D eigenvalue weighted by Gasteiger charge is -2.44.